The average molecular weight is 402 g/mol. The van der Waals surface area contributed by atoms with Crippen molar-refractivity contribution < 1.29 is 19.0 Å². The summed E-state index contributed by atoms with van der Waals surface area (Å²) in [4.78, 5) is 12.4. The summed E-state index contributed by atoms with van der Waals surface area (Å²) in [6.07, 6.45) is 0. The minimum atomic E-state index is -0.735. The van der Waals surface area contributed by atoms with Crippen molar-refractivity contribution in [3.05, 3.63) is 105 Å². The van der Waals surface area contributed by atoms with E-state index in [1.165, 1.54) is 0 Å². The molecule has 4 rings (SSSR count). The SMILES string of the molecule is N#CC1=C(N)Oc2c(oc(CO)cc2=O)[C@H]1c1ccc(OCc2ccccc2)cc1. The second-order valence-electron chi connectivity index (χ2n) is 6.70. The molecule has 1 aromatic heterocycles. The van der Waals surface area contributed by atoms with Gasteiger partial charge in [-0.25, -0.2) is 0 Å². The van der Waals surface area contributed by atoms with Crippen LogP contribution in [0.5, 0.6) is 11.5 Å². The van der Waals surface area contributed by atoms with Crippen molar-refractivity contribution in [3.8, 4) is 17.6 Å². The van der Waals surface area contributed by atoms with Crippen molar-refractivity contribution in [3.63, 3.8) is 0 Å². The molecule has 2 aromatic carbocycles. The predicted molar refractivity (Wildman–Crippen MR) is 107 cm³/mol. The van der Waals surface area contributed by atoms with E-state index in [0.717, 1.165) is 11.6 Å². The Hall–Kier alpha value is -4.02. The van der Waals surface area contributed by atoms with Crippen LogP contribution >= 0.6 is 0 Å². The Bertz CT molecular complexity index is 1190. The number of aliphatic hydroxyl groups is 1. The maximum Gasteiger partial charge on any atom is 0.228 e. The van der Waals surface area contributed by atoms with Gasteiger partial charge in [0.1, 0.15) is 36.4 Å². The molecule has 0 saturated heterocycles. The van der Waals surface area contributed by atoms with Gasteiger partial charge in [-0.15, -0.1) is 0 Å². The highest BCUT2D eigenvalue weighted by molar-refractivity contribution is 5.52. The number of benzene rings is 2. The smallest absolute Gasteiger partial charge is 0.228 e. The Morgan fingerprint density at radius 2 is 1.87 bits per heavy atom. The molecule has 1 aliphatic rings. The highest BCUT2D eigenvalue weighted by atomic mass is 16.5. The minimum Gasteiger partial charge on any atom is -0.489 e. The van der Waals surface area contributed by atoms with E-state index in [1.54, 1.807) is 24.3 Å². The van der Waals surface area contributed by atoms with Gasteiger partial charge < -0.3 is 24.7 Å². The molecule has 150 valence electrons. The summed E-state index contributed by atoms with van der Waals surface area (Å²) in [5.41, 5.74) is 7.25. The summed E-state index contributed by atoms with van der Waals surface area (Å²) < 4.78 is 16.8. The summed E-state index contributed by atoms with van der Waals surface area (Å²) in [7, 11) is 0. The zero-order valence-corrected chi connectivity index (χ0v) is 15.9. The van der Waals surface area contributed by atoms with Gasteiger partial charge >= 0.3 is 0 Å². The zero-order chi connectivity index (χ0) is 21.1. The number of ether oxygens (including phenoxy) is 2. The van der Waals surface area contributed by atoms with Crippen LogP contribution in [0.1, 0.15) is 28.6 Å². The third-order valence-corrected chi connectivity index (χ3v) is 4.75. The molecular formula is C23H18N2O5. The summed E-state index contributed by atoms with van der Waals surface area (Å²) in [6.45, 7) is -0.0338. The van der Waals surface area contributed by atoms with Gasteiger partial charge in [-0.2, -0.15) is 5.26 Å². The van der Waals surface area contributed by atoms with Crippen LogP contribution in [-0.2, 0) is 13.2 Å². The fraction of sp³-hybridized carbons (Fsp3) is 0.130. The van der Waals surface area contributed by atoms with E-state index in [1.807, 2.05) is 36.4 Å². The summed E-state index contributed by atoms with van der Waals surface area (Å²) in [5, 5.41) is 19.0. The first kappa shape index (κ1) is 19.3. The number of hydrogen-bond donors (Lipinski definition) is 2. The van der Waals surface area contributed by atoms with Crippen molar-refractivity contribution in [2.75, 3.05) is 0 Å². The molecular weight excluding hydrogens is 384 g/mol. The number of nitrogens with two attached hydrogens (primary N) is 1. The lowest BCUT2D eigenvalue weighted by molar-refractivity contribution is 0.231. The van der Waals surface area contributed by atoms with Gasteiger partial charge in [-0.1, -0.05) is 42.5 Å². The number of hydrogen-bond acceptors (Lipinski definition) is 7. The van der Waals surface area contributed by atoms with Gasteiger partial charge in [0.25, 0.3) is 0 Å². The van der Waals surface area contributed by atoms with Gasteiger partial charge in [0.2, 0.25) is 17.1 Å². The molecule has 0 amide bonds. The second kappa shape index (κ2) is 8.15. The molecule has 1 aliphatic heterocycles. The van der Waals surface area contributed by atoms with Crippen LogP contribution in [0.3, 0.4) is 0 Å². The number of fused-ring (bicyclic) bond motifs is 1. The molecule has 30 heavy (non-hydrogen) atoms. The van der Waals surface area contributed by atoms with Crippen LogP contribution in [-0.4, -0.2) is 5.11 Å². The third-order valence-electron chi connectivity index (χ3n) is 4.75. The second-order valence-corrected chi connectivity index (χ2v) is 6.70. The quantitative estimate of drug-likeness (QED) is 0.673. The molecule has 0 fully saturated rings. The minimum absolute atomic E-state index is 0.0768. The van der Waals surface area contributed by atoms with E-state index in [-0.39, 0.29) is 28.7 Å². The molecule has 0 unspecified atom stereocenters. The summed E-state index contributed by atoms with van der Waals surface area (Å²) >= 11 is 0. The molecule has 7 nitrogen and oxygen atoms in total. The van der Waals surface area contributed by atoms with Crippen LogP contribution in [0.2, 0.25) is 0 Å². The van der Waals surface area contributed by atoms with Gasteiger partial charge in [-0.3, -0.25) is 4.79 Å². The van der Waals surface area contributed by atoms with Crippen molar-refractivity contribution in [2.24, 2.45) is 5.73 Å². The molecule has 2 heterocycles. The number of nitriles is 1. The van der Waals surface area contributed by atoms with Crippen LogP contribution in [0, 0.1) is 11.3 Å². The maximum atomic E-state index is 12.4. The van der Waals surface area contributed by atoms with Gasteiger partial charge in [0.05, 0.1) is 5.92 Å². The first-order chi connectivity index (χ1) is 14.6. The molecule has 7 heteroatoms. The molecule has 3 N–H and O–H groups in total. The normalized spacial score (nSPS) is 15.1. The third kappa shape index (κ3) is 3.64. The van der Waals surface area contributed by atoms with Crippen molar-refractivity contribution in [1.82, 2.24) is 0 Å². The fourth-order valence-corrected chi connectivity index (χ4v) is 3.29. The number of nitrogens with zero attached hydrogens (tertiary/aromatic N) is 1. The fourth-order valence-electron chi connectivity index (χ4n) is 3.29. The summed E-state index contributed by atoms with van der Waals surface area (Å²) in [5.74, 6) is -0.109. The highest BCUT2D eigenvalue weighted by Crippen LogP contribution is 2.41. The Morgan fingerprint density at radius 3 is 2.53 bits per heavy atom. The largest absolute Gasteiger partial charge is 0.489 e. The predicted octanol–water partition coefficient (Wildman–Crippen LogP) is 2.93. The van der Waals surface area contributed by atoms with Gasteiger partial charge in [0.15, 0.2) is 5.76 Å². The Kier molecular flexibility index (Phi) is 5.24. The van der Waals surface area contributed by atoms with E-state index in [2.05, 4.69) is 0 Å². The van der Waals surface area contributed by atoms with Gasteiger partial charge in [0, 0.05) is 6.07 Å². The Morgan fingerprint density at radius 1 is 1.13 bits per heavy atom. The van der Waals surface area contributed by atoms with Crippen LogP contribution in [0.25, 0.3) is 0 Å². The van der Waals surface area contributed by atoms with E-state index < -0.39 is 18.0 Å². The molecule has 0 aliphatic carbocycles. The number of aliphatic hydroxyl groups excluding tert-OH is 1. The zero-order valence-electron chi connectivity index (χ0n) is 15.9. The number of allylic oxidation sites excluding steroid dienone is 1. The molecule has 0 saturated carbocycles. The monoisotopic (exact) mass is 402 g/mol. The van der Waals surface area contributed by atoms with Crippen LogP contribution in [0.15, 0.2) is 81.3 Å². The van der Waals surface area contributed by atoms with Crippen molar-refractivity contribution in [1.29, 1.82) is 5.26 Å². The van der Waals surface area contributed by atoms with Crippen LogP contribution < -0.4 is 20.6 Å². The molecule has 0 spiro atoms. The van der Waals surface area contributed by atoms with Gasteiger partial charge in [-0.05, 0) is 23.3 Å². The Balaban J connectivity index is 1.68. The first-order valence-electron chi connectivity index (χ1n) is 9.22. The molecule has 3 aromatic rings. The van der Waals surface area contributed by atoms with E-state index in [9.17, 15) is 15.2 Å². The lowest BCUT2D eigenvalue weighted by atomic mass is 9.87. The molecule has 1 atom stereocenters. The summed E-state index contributed by atoms with van der Waals surface area (Å²) in [6, 6.07) is 20.0. The average Bonchev–Trinajstić information content (AvgIpc) is 2.78. The first-order valence-corrected chi connectivity index (χ1v) is 9.22. The van der Waals surface area contributed by atoms with E-state index in [0.29, 0.717) is 17.9 Å². The highest BCUT2D eigenvalue weighted by Gasteiger charge is 2.35. The number of rotatable bonds is 5. The molecule has 0 bridgehead atoms. The Labute approximate surface area is 172 Å². The topological polar surface area (TPSA) is 119 Å². The van der Waals surface area contributed by atoms with E-state index in [4.69, 9.17) is 19.6 Å². The maximum absolute atomic E-state index is 12.4. The lowest BCUT2D eigenvalue weighted by Crippen LogP contribution is -2.25. The van der Waals surface area contributed by atoms with Crippen molar-refractivity contribution >= 4 is 0 Å². The lowest BCUT2D eigenvalue weighted by Gasteiger charge is -2.24. The van der Waals surface area contributed by atoms with Crippen LogP contribution in [0.4, 0.5) is 0 Å². The standard InChI is InChI=1S/C23H18N2O5/c24-11-18-20(22-21(30-23(18)25)19(27)10-17(12-26)29-22)15-6-8-16(9-7-15)28-13-14-4-2-1-3-5-14/h1-10,20,26H,12-13,25H2/t20-/m0/s1. The van der Waals surface area contributed by atoms with E-state index >= 15 is 0 Å². The van der Waals surface area contributed by atoms with Crippen molar-refractivity contribution in [2.45, 2.75) is 19.1 Å². The molecule has 0 radical (unpaired) electrons.